The van der Waals surface area contributed by atoms with Crippen molar-refractivity contribution in [1.29, 1.82) is 0 Å². The number of nitro benzene ring substituents is 1. The maximum atomic E-state index is 11.9. The van der Waals surface area contributed by atoms with E-state index >= 15 is 0 Å². The van der Waals surface area contributed by atoms with Gasteiger partial charge in [-0.2, -0.15) is 0 Å². The monoisotopic (exact) mass is 272 g/mol. The third kappa shape index (κ3) is 2.92. The molecular weight excluding hydrogens is 260 g/mol. The largest absolute Gasteiger partial charge is 0.502 e. The SMILES string of the molecule is Cc1ccc(NC(=O)c2ccc([N+](=O)[O-])c(O)c2)cc1. The summed E-state index contributed by atoms with van der Waals surface area (Å²) in [5.74, 6) is -0.981. The van der Waals surface area contributed by atoms with Gasteiger partial charge in [0.1, 0.15) is 0 Å². The lowest BCUT2D eigenvalue weighted by Crippen LogP contribution is -2.11. The number of nitro groups is 1. The zero-order valence-corrected chi connectivity index (χ0v) is 10.7. The highest BCUT2D eigenvalue weighted by atomic mass is 16.6. The molecule has 1 amide bonds. The number of phenolic OH excluding ortho intramolecular Hbond substituents is 1. The van der Waals surface area contributed by atoms with Crippen LogP contribution in [0.4, 0.5) is 11.4 Å². The Morgan fingerprint density at radius 2 is 1.85 bits per heavy atom. The summed E-state index contributed by atoms with van der Waals surface area (Å²) in [7, 11) is 0. The molecule has 6 heteroatoms. The van der Waals surface area contributed by atoms with Gasteiger partial charge in [0, 0.05) is 17.3 Å². The summed E-state index contributed by atoms with van der Waals surface area (Å²) in [6.07, 6.45) is 0. The molecule has 0 heterocycles. The van der Waals surface area contributed by atoms with E-state index in [9.17, 15) is 20.0 Å². The molecule has 2 N–H and O–H groups in total. The molecule has 6 nitrogen and oxygen atoms in total. The number of carbonyl (C=O) groups excluding carboxylic acids is 1. The first-order valence-corrected chi connectivity index (χ1v) is 5.83. The lowest BCUT2D eigenvalue weighted by atomic mass is 10.1. The molecule has 102 valence electrons. The summed E-state index contributed by atoms with van der Waals surface area (Å²) in [4.78, 5) is 21.8. The average molecular weight is 272 g/mol. The Bertz CT molecular complexity index is 665. The second kappa shape index (κ2) is 5.40. The standard InChI is InChI=1S/C14H12N2O4/c1-9-2-5-11(6-3-9)15-14(18)10-4-7-12(16(19)20)13(17)8-10/h2-8,17H,1H3,(H,15,18). The van der Waals surface area contributed by atoms with Crippen molar-refractivity contribution in [1.82, 2.24) is 0 Å². The Labute approximate surface area is 114 Å². The summed E-state index contributed by atoms with van der Waals surface area (Å²) in [5.41, 5.74) is 1.39. The Morgan fingerprint density at radius 3 is 2.40 bits per heavy atom. The first kappa shape index (κ1) is 13.5. The van der Waals surface area contributed by atoms with Crippen molar-refractivity contribution in [2.75, 3.05) is 5.32 Å². The summed E-state index contributed by atoms with van der Waals surface area (Å²) in [6, 6.07) is 10.7. The predicted octanol–water partition coefficient (Wildman–Crippen LogP) is 2.86. The molecule has 0 radical (unpaired) electrons. The number of nitrogens with zero attached hydrogens (tertiary/aromatic N) is 1. The number of amides is 1. The van der Waals surface area contributed by atoms with Crippen LogP contribution in [0.2, 0.25) is 0 Å². The van der Waals surface area contributed by atoms with Crippen molar-refractivity contribution >= 4 is 17.3 Å². The van der Waals surface area contributed by atoms with Gasteiger partial charge in [-0.15, -0.1) is 0 Å². The van der Waals surface area contributed by atoms with Crippen molar-refractivity contribution in [2.24, 2.45) is 0 Å². The normalized spacial score (nSPS) is 10.1. The van der Waals surface area contributed by atoms with E-state index < -0.39 is 22.3 Å². The molecule has 0 bridgehead atoms. The van der Waals surface area contributed by atoms with E-state index in [1.54, 1.807) is 12.1 Å². The van der Waals surface area contributed by atoms with Gasteiger partial charge in [-0.3, -0.25) is 14.9 Å². The molecule has 0 unspecified atom stereocenters. The van der Waals surface area contributed by atoms with E-state index in [0.29, 0.717) is 5.69 Å². The van der Waals surface area contributed by atoms with Gasteiger partial charge in [0.15, 0.2) is 5.75 Å². The average Bonchev–Trinajstić information content (AvgIpc) is 2.40. The topological polar surface area (TPSA) is 92.5 Å². The molecule has 0 aliphatic heterocycles. The van der Waals surface area contributed by atoms with E-state index in [1.165, 1.54) is 6.07 Å². The van der Waals surface area contributed by atoms with E-state index in [-0.39, 0.29) is 5.56 Å². The molecule has 0 fully saturated rings. The van der Waals surface area contributed by atoms with Gasteiger partial charge in [0.2, 0.25) is 0 Å². The third-order valence-corrected chi connectivity index (χ3v) is 2.74. The molecule has 0 aromatic heterocycles. The smallest absolute Gasteiger partial charge is 0.310 e. The number of aryl methyl sites for hydroxylation is 1. The molecule has 2 aromatic carbocycles. The lowest BCUT2D eigenvalue weighted by Gasteiger charge is -2.06. The fraction of sp³-hybridized carbons (Fsp3) is 0.0714. The van der Waals surface area contributed by atoms with Gasteiger partial charge in [0.05, 0.1) is 4.92 Å². The summed E-state index contributed by atoms with van der Waals surface area (Å²) in [6.45, 7) is 1.93. The van der Waals surface area contributed by atoms with Crippen LogP contribution in [0, 0.1) is 17.0 Å². The second-order valence-electron chi connectivity index (χ2n) is 4.28. The van der Waals surface area contributed by atoms with Gasteiger partial charge in [-0.1, -0.05) is 17.7 Å². The van der Waals surface area contributed by atoms with Gasteiger partial charge < -0.3 is 10.4 Å². The van der Waals surface area contributed by atoms with E-state index in [2.05, 4.69) is 5.32 Å². The van der Waals surface area contributed by atoms with Gasteiger partial charge in [-0.25, -0.2) is 0 Å². The molecule has 20 heavy (non-hydrogen) atoms. The van der Waals surface area contributed by atoms with Crippen molar-refractivity contribution in [3.63, 3.8) is 0 Å². The van der Waals surface area contributed by atoms with E-state index in [0.717, 1.165) is 17.7 Å². The highest BCUT2D eigenvalue weighted by Gasteiger charge is 2.16. The van der Waals surface area contributed by atoms with E-state index in [1.807, 2.05) is 19.1 Å². The van der Waals surface area contributed by atoms with Gasteiger partial charge >= 0.3 is 5.69 Å². The lowest BCUT2D eigenvalue weighted by molar-refractivity contribution is -0.385. The van der Waals surface area contributed by atoms with Crippen LogP contribution in [-0.4, -0.2) is 15.9 Å². The van der Waals surface area contributed by atoms with Crippen molar-refractivity contribution in [3.8, 4) is 5.75 Å². The van der Waals surface area contributed by atoms with Crippen LogP contribution >= 0.6 is 0 Å². The number of hydrogen-bond acceptors (Lipinski definition) is 4. The maximum Gasteiger partial charge on any atom is 0.310 e. The third-order valence-electron chi connectivity index (χ3n) is 2.74. The number of aromatic hydroxyl groups is 1. The zero-order chi connectivity index (χ0) is 14.7. The van der Waals surface area contributed by atoms with Crippen molar-refractivity contribution in [3.05, 3.63) is 63.7 Å². The fourth-order valence-corrected chi connectivity index (χ4v) is 1.66. The summed E-state index contributed by atoms with van der Waals surface area (Å²) < 4.78 is 0. The van der Waals surface area contributed by atoms with Crippen LogP contribution in [0.15, 0.2) is 42.5 Å². The molecule has 2 aromatic rings. The number of benzene rings is 2. The highest BCUT2D eigenvalue weighted by molar-refractivity contribution is 6.04. The molecule has 0 saturated heterocycles. The van der Waals surface area contributed by atoms with E-state index in [4.69, 9.17) is 0 Å². The number of anilines is 1. The zero-order valence-electron chi connectivity index (χ0n) is 10.7. The number of hydrogen-bond donors (Lipinski definition) is 2. The minimum atomic E-state index is -0.711. The number of nitrogens with one attached hydrogen (secondary N) is 1. The first-order chi connectivity index (χ1) is 9.47. The number of carbonyl (C=O) groups is 1. The molecule has 0 aliphatic rings. The quantitative estimate of drug-likeness (QED) is 0.663. The fourth-order valence-electron chi connectivity index (χ4n) is 1.66. The summed E-state index contributed by atoms with van der Waals surface area (Å²) >= 11 is 0. The Hall–Kier alpha value is -2.89. The van der Waals surface area contributed by atoms with Gasteiger partial charge in [-0.05, 0) is 31.2 Å². The number of phenols is 1. The molecule has 0 atom stereocenters. The van der Waals surface area contributed by atoms with Crippen LogP contribution in [-0.2, 0) is 0 Å². The van der Waals surface area contributed by atoms with Crippen LogP contribution < -0.4 is 5.32 Å². The molecule has 0 spiro atoms. The van der Waals surface area contributed by atoms with Crippen LogP contribution in [0.5, 0.6) is 5.75 Å². The Kier molecular flexibility index (Phi) is 3.65. The Balaban J connectivity index is 2.19. The Morgan fingerprint density at radius 1 is 1.20 bits per heavy atom. The molecule has 0 aliphatic carbocycles. The molecule has 0 saturated carbocycles. The predicted molar refractivity (Wildman–Crippen MR) is 73.9 cm³/mol. The van der Waals surface area contributed by atoms with Crippen molar-refractivity contribution in [2.45, 2.75) is 6.92 Å². The minimum absolute atomic E-state index is 0.147. The second-order valence-corrected chi connectivity index (χ2v) is 4.28. The minimum Gasteiger partial charge on any atom is -0.502 e. The van der Waals surface area contributed by atoms with Crippen LogP contribution in [0.3, 0.4) is 0 Å². The molecule has 2 rings (SSSR count). The summed E-state index contributed by atoms with van der Waals surface area (Å²) in [5, 5.41) is 22.7. The first-order valence-electron chi connectivity index (χ1n) is 5.83. The highest BCUT2D eigenvalue weighted by Crippen LogP contribution is 2.26. The molecular formula is C14H12N2O4. The van der Waals surface area contributed by atoms with Crippen LogP contribution in [0.1, 0.15) is 15.9 Å². The van der Waals surface area contributed by atoms with Gasteiger partial charge in [0.25, 0.3) is 5.91 Å². The van der Waals surface area contributed by atoms with Crippen molar-refractivity contribution < 1.29 is 14.8 Å². The van der Waals surface area contributed by atoms with Crippen LogP contribution in [0.25, 0.3) is 0 Å². The number of rotatable bonds is 3. The maximum absolute atomic E-state index is 11.9.